The largest absolute Gasteiger partial charge is 0.366 e. The molecule has 1 aliphatic heterocycles. The Bertz CT molecular complexity index is 494. The molecule has 1 amide bonds. The first-order valence-corrected chi connectivity index (χ1v) is 8.63. The molecular weight excluding hydrogens is 278 g/mol. The van der Waals surface area contributed by atoms with Crippen molar-refractivity contribution in [1.29, 1.82) is 0 Å². The molecule has 0 radical (unpaired) electrons. The van der Waals surface area contributed by atoms with Gasteiger partial charge in [-0.1, -0.05) is 32.1 Å². The van der Waals surface area contributed by atoms with Crippen molar-refractivity contribution in [3.8, 4) is 0 Å². The zero-order valence-corrected chi connectivity index (χ0v) is 13.5. The van der Waals surface area contributed by atoms with E-state index in [0.29, 0.717) is 13.0 Å². The molecule has 0 aromatic carbocycles. The fraction of sp³-hybridized carbons (Fsp3) is 0.765. The van der Waals surface area contributed by atoms with Gasteiger partial charge < -0.3 is 14.6 Å². The average molecular weight is 305 g/mol. The van der Waals surface area contributed by atoms with E-state index in [1.165, 1.54) is 38.5 Å². The number of hydrogen-bond acceptors (Lipinski definition) is 3. The third-order valence-electron chi connectivity index (χ3n) is 4.83. The van der Waals surface area contributed by atoms with Gasteiger partial charge in [0.2, 0.25) is 5.91 Å². The van der Waals surface area contributed by atoms with Crippen LogP contribution in [0.3, 0.4) is 0 Å². The monoisotopic (exact) mass is 305 g/mol. The summed E-state index contributed by atoms with van der Waals surface area (Å²) in [6.07, 6.45) is 12.3. The van der Waals surface area contributed by atoms with Gasteiger partial charge in [0.15, 0.2) is 0 Å². The van der Waals surface area contributed by atoms with E-state index >= 15 is 0 Å². The molecule has 1 aromatic rings. The molecule has 1 aliphatic carbocycles. The minimum Gasteiger partial charge on any atom is -0.366 e. The van der Waals surface area contributed by atoms with Crippen molar-refractivity contribution < 1.29 is 9.53 Å². The normalized spacial score (nSPS) is 26.9. The Morgan fingerprint density at radius 1 is 1.36 bits per heavy atom. The molecule has 2 aliphatic rings. The van der Waals surface area contributed by atoms with Gasteiger partial charge in [-0.2, -0.15) is 0 Å². The topological polar surface area (TPSA) is 56.2 Å². The fourth-order valence-electron chi connectivity index (χ4n) is 3.50. The van der Waals surface area contributed by atoms with Gasteiger partial charge in [0.05, 0.1) is 18.6 Å². The van der Waals surface area contributed by atoms with Gasteiger partial charge in [-0.15, -0.1) is 0 Å². The zero-order chi connectivity index (χ0) is 15.4. The molecule has 1 aromatic heterocycles. The maximum atomic E-state index is 11.9. The molecule has 22 heavy (non-hydrogen) atoms. The highest BCUT2D eigenvalue weighted by atomic mass is 16.5. The van der Waals surface area contributed by atoms with Gasteiger partial charge in [0.1, 0.15) is 6.10 Å². The molecular formula is C17H27N3O2. The number of ether oxygens (including phenoxy) is 1. The van der Waals surface area contributed by atoms with E-state index in [-0.39, 0.29) is 11.9 Å². The molecule has 1 N–H and O–H groups in total. The van der Waals surface area contributed by atoms with Crippen LogP contribution in [0.5, 0.6) is 0 Å². The molecule has 2 atom stereocenters. The summed E-state index contributed by atoms with van der Waals surface area (Å²) >= 11 is 0. The Hall–Kier alpha value is -1.36. The van der Waals surface area contributed by atoms with Crippen LogP contribution in [0.15, 0.2) is 12.5 Å². The Morgan fingerprint density at radius 2 is 2.18 bits per heavy atom. The molecule has 1 saturated carbocycles. The van der Waals surface area contributed by atoms with E-state index in [0.717, 1.165) is 18.2 Å². The fourth-order valence-corrected chi connectivity index (χ4v) is 3.50. The molecule has 122 valence electrons. The van der Waals surface area contributed by atoms with E-state index in [1.54, 1.807) is 0 Å². The third-order valence-corrected chi connectivity index (χ3v) is 4.83. The highest BCUT2D eigenvalue weighted by Crippen LogP contribution is 2.26. The third kappa shape index (κ3) is 4.09. The SMILES string of the molecule is C[C@H]1CO[C@@H](Cc2cn(CCC3CCCCC3)cn2)C(=O)N1. The van der Waals surface area contributed by atoms with Crippen LogP contribution in [0.4, 0.5) is 0 Å². The van der Waals surface area contributed by atoms with Crippen LogP contribution in [0.1, 0.15) is 51.1 Å². The van der Waals surface area contributed by atoms with Gasteiger partial charge in [0.25, 0.3) is 0 Å². The predicted molar refractivity (Wildman–Crippen MR) is 84.5 cm³/mol. The number of carbonyl (C=O) groups is 1. The second-order valence-electron chi connectivity index (χ2n) is 6.83. The first-order chi connectivity index (χ1) is 10.7. The van der Waals surface area contributed by atoms with Crippen molar-refractivity contribution in [3.05, 3.63) is 18.2 Å². The smallest absolute Gasteiger partial charge is 0.249 e. The number of rotatable bonds is 5. The molecule has 1 saturated heterocycles. The highest BCUT2D eigenvalue weighted by molar-refractivity contribution is 5.81. The number of carbonyl (C=O) groups excluding carboxylic acids is 1. The molecule has 2 heterocycles. The summed E-state index contributed by atoms with van der Waals surface area (Å²) in [7, 11) is 0. The first-order valence-electron chi connectivity index (χ1n) is 8.63. The van der Waals surface area contributed by atoms with E-state index < -0.39 is 6.10 Å². The number of imidazole rings is 1. The predicted octanol–water partition coefficient (Wildman–Crippen LogP) is 2.30. The van der Waals surface area contributed by atoms with Crippen LogP contribution >= 0.6 is 0 Å². The van der Waals surface area contributed by atoms with Crippen molar-refractivity contribution in [2.24, 2.45) is 5.92 Å². The lowest BCUT2D eigenvalue weighted by molar-refractivity contribution is -0.140. The molecule has 0 unspecified atom stereocenters. The minimum absolute atomic E-state index is 0.0181. The second-order valence-corrected chi connectivity index (χ2v) is 6.83. The van der Waals surface area contributed by atoms with Crippen molar-refractivity contribution in [1.82, 2.24) is 14.9 Å². The van der Waals surface area contributed by atoms with Gasteiger partial charge in [0, 0.05) is 25.2 Å². The summed E-state index contributed by atoms with van der Waals surface area (Å²) in [4.78, 5) is 16.3. The van der Waals surface area contributed by atoms with Crippen LogP contribution in [-0.2, 0) is 22.5 Å². The summed E-state index contributed by atoms with van der Waals surface area (Å²) in [6.45, 7) is 3.57. The van der Waals surface area contributed by atoms with Crippen molar-refractivity contribution in [3.63, 3.8) is 0 Å². The van der Waals surface area contributed by atoms with E-state index in [4.69, 9.17) is 4.74 Å². The molecule has 2 fully saturated rings. The van der Waals surface area contributed by atoms with Crippen LogP contribution < -0.4 is 5.32 Å². The van der Waals surface area contributed by atoms with Crippen LogP contribution in [0, 0.1) is 5.92 Å². The maximum Gasteiger partial charge on any atom is 0.249 e. The number of nitrogens with zero attached hydrogens (tertiary/aromatic N) is 2. The number of aryl methyl sites for hydroxylation is 1. The zero-order valence-electron chi connectivity index (χ0n) is 13.5. The number of hydrogen-bond donors (Lipinski definition) is 1. The quantitative estimate of drug-likeness (QED) is 0.908. The lowest BCUT2D eigenvalue weighted by Gasteiger charge is -2.26. The van der Waals surface area contributed by atoms with E-state index in [1.807, 2.05) is 13.3 Å². The number of amides is 1. The van der Waals surface area contributed by atoms with Gasteiger partial charge in [-0.3, -0.25) is 4.79 Å². The Labute approximate surface area is 132 Å². The van der Waals surface area contributed by atoms with E-state index in [2.05, 4.69) is 21.1 Å². The number of nitrogens with one attached hydrogen (secondary N) is 1. The first kappa shape index (κ1) is 15.5. The molecule has 5 heteroatoms. The lowest BCUT2D eigenvalue weighted by Crippen LogP contribution is -2.50. The summed E-state index contributed by atoms with van der Waals surface area (Å²) in [5.41, 5.74) is 0.943. The van der Waals surface area contributed by atoms with Gasteiger partial charge in [-0.25, -0.2) is 4.98 Å². The van der Waals surface area contributed by atoms with Crippen LogP contribution in [-0.4, -0.2) is 34.2 Å². The van der Waals surface area contributed by atoms with Crippen molar-refractivity contribution >= 4 is 5.91 Å². The van der Waals surface area contributed by atoms with Crippen molar-refractivity contribution in [2.45, 2.75) is 70.6 Å². The summed E-state index contributed by atoms with van der Waals surface area (Å²) in [5, 5.41) is 2.93. The minimum atomic E-state index is -0.391. The molecule has 5 nitrogen and oxygen atoms in total. The second kappa shape index (κ2) is 7.27. The van der Waals surface area contributed by atoms with Crippen LogP contribution in [0.25, 0.3) is 0 Å². The number of aromatic nitrogens is 2. The summed E-state index contributed by atoms with van der Waals surface area (Å²) < 4.78 is 7.77. The van der Waals surface area contributed by atoms with Crippen LogP contribution in [0.2, 0.25) is 0 Å². The Kier molecular flexibility index (Phi) is 5.13. The Morgan fingerprint density at radius 3 is 2.95 bits per heavy atom. The number of morpholine rings is 1. The summed E-state index contributed by atoms with van der Waals surface area (Å²) in [5.74, 6) is 0.865. The summed E-state index contributed by atoms with van der Waals surface area (Å²) in [6, 6.07) is 0.108. The van der Waals surface area contributed by atoms with Crippen molar-refractivity contribution in [2.75, 3.05) is 6.61 Å². The van der Waals surface area contributed by atoms with E-state index in [9.17, 15) is 4.79 Å². The highest BCUT2D eigenvalue weighted by Gasteiger charge is 2.27. The van der Waals surface area contributed by atoms with Gasteiger partial charge in [-0.05, 0) is 19.3 Å². The van der Waals surface area contributed by atoms with Gasteiger partial charge >= 0.3 is 0 Å². The Balaban J connectivity index is 1.47. The average Bonchev–Trinajstić information content (AvgIpc) is 2.97. The lowest BCUT2D eigenvalue weighted by atomic mass is 9.87. The molecule has 0 spiro atoms. The molecule has 3 rings (SSSR count). The maximum absolute atomic E-state index is 11.9. The molecule has 0 bridgehead atoms. The standard InChI is InChI=1S/C17H27N3O2/c1-13-11-22-16(17(21)19-13)9-15-10-20(12-18-15)8-7-14-5-3-2-4-6-14/h10,12-14,16H,2-9,11H2,1H3,(H,19,21)/t13-,16-/m0/s1.